The highest BCUT2D eigenvalue weighted by Gasteiger charge is 2.38. The lowest BCUT2D eigenvalue weighted by molar-refractivity contribution is 0.0491. The average Bonchev–Trinajstić information content (AvgIpc) is 2.99. The van der Waals surface area contributed by atoms with Gasteiger partial charge in [0.15, 0.2) is 17.3 Å². The molecule has 0 spiro atoms. The molecule has 0 atom stereocenters. The van der Waals surface area contributed by atoms with Crippen molar-refractivity contribution >= 4 is 23.5 Å². The average molecular weight is 555 g/mol. The van der Waals surface area contributed by atoms with Crippen molar-refractivity contribution in [1.29, 1.82) is 0 Å². The fourth-order valence-electron chi connectivity index (χ4n) is 4.08. The first-order chi connectivity index (χ1) is 19.8. The Kier molecular flexibility index (Phi) is 8.79. The summed E-state index contributed by atoms with van der Waals surface area (Å²) in [6.45, 7) is 1.78. The third-order valence-electron chi connectivity index (χ3n) is 6.18. The van der Waals surface area contributed by atoms with Gasteiger partial charge in [-0.25, -0.2) is 9.59 Å². The molecule has 4 rings (SSSR count). The molecule has 0 radical (unpaired) electrons. The minimum Gasteiger partial charge on any atom is -0.507 e. The summed E-state index contributed by atoms with van der Waals surface area (Å²) in [5.41, 5.74) is -2.46. The number of hydrogen-bond donors (Lipinski definition) is 3. The van der Waals surface area contributed by atoms with Gasteiger partial charge < -0.3 is 24.8 Å². The predicted octanol–water partition coefficient (Wildman–Crippen LogP) is 5.44. The van der Waals surface area contributed by atoms with E-state index in [-0.39, 0.29) is 23.3 Å². The van der Waals surface area contributed by atoms with Gasteiger partial charge in [-0.2, -0.15) is 0 Å². The highest BCUT2D eigenvalue weighted by atomic mass is 16.5. The van der Waals surface area contributed by atoms with Crippen LogP contribution in [0.2, 0.25) is 0 Å². The van der Waals surface area contributed by atoms with Gasteiger partial charge in [0, 0.05) is 5.56 Å². The van der Waals surface area contributed by atoms with Crippen LogP contribution in [0.25, 0.3) is 0 Å². The van der Waals surface area contributed by atoms with Crippen molar-refractivity contribution in [2.75, 3.05) is 6.61 Å². The van der Waals surface area contributed by atoms with E-state index in [0.717, 1.165) is 0 Å². The number of ether oxygens (including phenoxy) is 2. The van der Waals surface area contributed by atoms with Crippen LogP contribution in [0.15, 0.2) is 84.9 Å². The Morgan fingerprint density at radius 1 is 0.634 bits per heavy atom. The zero-order valence-corrected chi connectivity index (χ0v) is 22.0. The molecule has 0 aromatic heterocycles. The first-order valence-corrected chi connectivity index (χ1v) is 12.7. The normalized spacial score (nSPS) is 10.6. The Hall–Kier alpha value is -5.44. The van der Waals surface area contributed by atoms with Crippen molar-refractivity contribution < 1.29 is 44.0 Å². The first kappa shape index (κ1) is 28.6. The van der Waals surface area contributed by atoms with E-state index < -0.39 is 63.2 Å². The zero-order chi connectivity index (χ0) is 29.5. The Labute approximate surface area is 235 Å². The molecule has 9 heteroatoms. The van der Waals surface area contributed by atoms with Crippen LogP contribution in [0.5, 0.6) is 23.0 Å². The molecule has 208 valence electrons. The third kappa shape index (κ3) is 5.94. The van der Waals surface area contributed by atoms with Gasteiger partial charge in [0.25, 0.3) is 0 Å². The Morgan fingerprint density at radius 3 is 1.83 bits per heavy atom. The molecule has 41 heavy (non-hydrogen) atoms. The summed E-state index contributed by atoms with van der Waals surface area (Å²) in [6, 6.07) is 20.5. The van der Waals surface area contributed by atoms with E-state index in [1.807, 2.05) is 6.92 Å². The van der Waals surface area contributed by atoms with E-state index in [0.29, 0.717) is 12.8 Å². The van der Waals surface area contributed by atoms with Gasteiger partial charge in [0.2, 0.25) is 11.5 Å². The standard InChI is InChI=1S/C32H26O9/c1-2-3-18-40-32(39)23-24(26(34)19-12-6-4-7-13-19)28(36)29(37)30(41-31(38)20-14-8-5-9-15-20)25(23)27(35)21-16-10-11-17-22(21)33/h4-17,33,36-37H,2-3,18H2,1H3. The van der Waals surface area contributed by atoms with Crippen molar-refractivity contribution in [3.8, 4) is 23.0 Å². The molecule has 0 saturated carbocycles. The number of hydrogen-bond acceptors (Lipinski definition) is 9. The van der Waals surface area contributed by atoms with Crippen molar-refractivity contribution in [2.45, 2.75) is 19.8 Å². The van der Waals surface area contributed by atoms with Crippen LogP contribution in [0.3, 0.4) is 0 Å². The Balaban J connectivity index is 2.05. The monoisotopic (exact) mass is 554 g/mol. The third-order valence-corrected chi connectivity index (χ3v) is 6.18. The van der Waals surface area contributed by atoms with Crippen LogP contribution in [0, 0.1) is 0 Å². The highest BCUT2D eigenvalue weighted by molar-refractivity contribution is 6.24. The van der Waals surface area contributed by atoms with Gasteiger partial charge in [0.05, 0.1) is 34.4 Å². The lowest BCUT2D eigenvalue weighted by Gasteiger charge is -2.20. The quantitative estimate of drug-likeness (QED) is 0.0766. The number of phenols is 3. The summed E-state index contributed by atoms with van der Waals surface area (Å²) in [4.78, 5) is 54.2. The molecule has 0 unspecified atom stereocenters. The van der Waals surface area contributed by atoms with Crippen molar-refractivity contribution in [2.24, 2.45) is 0 Å². The second-order valence-corrected chi connectivity index (χ2v) is 8.94. The maximum Gasteiger partial charge on any atom is 0.343 e. The first-order valence-electron chi connectivity index (χ1n) is 12.7. The van der Waals surface area contributed by atoms with E-state index in [1.54, 1.807) is 36.4 Å². The van der Waals surface area contributed by atoms with E-state index in [2.05, 4.69) is 0 Å². The van der Waals surface area contributed by atoms with Crippen LogP contribution in [0.1, 0.15) is 72.3 Å². The molecule has 0 fully saturated rings. The zero-order valence-electron chi connectivity index (χ0n) is 22.0. The fraction of sp³-hybridized carbons (Fsp3) is 0.125. The molecule has 0 bridgehead atoms. The number of aromatic hydroxyl groups is 3. The molecule has 0 aliphatic carbocycles. The summed E-state index contributed by atoms with van der Waals surface area (Å²) in [6.07, 6.45) is 1.11. The van der Waals surface area contributed by atoms with E-state index in [4.69, 9.17) is 9.47 Å². The molecule has 0 saturated heterocycles. The second kappa shape index (κ2) is 12.6. The van der Waals surface area contributed by atoms with Crippen molar-refractivity contribution in [1.82, 2.24) is 0 Å². The maximum atomic E-state index is 14.0. The summed E-state index contributed by atoms with van der Waals surface area (Å²) in [5, 5.41) is 32.6. The van der Waals surface area contributed by atoms with Gasteiger partial charge in [-0.15, -0.1) is 0 Å². The lowest BCUT2D eigenvalue weighted by atomic mass is 9.88. The molecule has 3 N–H and O–H groups in total. The molecule has 4 aromatic rings. The summed E-state index contributed by atoms with van der Waals surface area (Å²) in [7, 11) is 0. The SMILES string of the molecule is CCCCOC(=O)c1c(C(=O)c2ccccc2)c(O)c(O)c(OC(=O)c2ccccc2)c1C(=O)c1ccccc1O. The molecule has 9 nitrogen and oxygen atoms in total. The van der Waals surface area contributed by atoms with Gasteiger partial charge in [-0.1, -0.05) is 74.0 Å². The van der Waals surface area contributed by atoms with Gasteiger partial charge in [-0.05, 0) is 30.7 Å². The minimum atomic E-state index is -1.18. The number of esters is 2. The summed E-state index contributed by atoms with van der Waals surface area (Å²) < 4.78 is 10.8. The molecule has 0 aliphatic rings. The number of ketones is 2. The molecule has 0 aliphatic heterocycles. The number of carbonyl (C=O) groups excluding carboxylic acids is 4. The van der Waals surface area contributed by atoms with Crippen LogP contribution in [0.4, 0.5) is 0 Å². The fourth-order valence-corrected chi connectivity index (χ4v) is 4.08. The highest BCUT2D eigenvalue weighted by Crippen LogP contribution is 2.46. The van der Waals surface area contributed by atoms with Gasteiger partial charge in [0.1, 0.15) is 5.75 Å². The molecule has 0 heterocycles. The molecule has 4 aromatic carbocycles. The number of carbonyl (C=O) groups is 4. The molecular weight excluding hydrogens is 528 g/mol. The number of phenolic OH excluding ortho intramolecular Hbond substituents is 3. The summed E-state index contributed by atoms with van der Waals surface area (Å²) in [5.74, 6) is -7.76. The van der Waals surface area contributed by atoms with Crippen molar-refractivity contribution in [3.63, 3.8) is 0 Å². The number of rotatable bonds is 10. The Morgan fingerprint density at radius 2 is 1.22 bits per heavy atom. The number of para-hydroxylation sites is 1. The largest absolute Gasteiger partial charge is 0.507 e. The lowest BCUT2D eigenvalue weighted by Crippen LogP contribution is -2.22. The van der Waals surface area contributed by atoms with Crippen LogP contribution < -0.4 is 4.74 Å². The number of benzene rings is 4. The van der Waals surface area contributed by atoms with E-state index >= 15 is 0 Å². The molecule has 0 amide bonds. The summed E-state index contributed by atoms with van der Waals surface area (Å²) >= 11 is 0. The van der Waals surface area contributed by atoms with E-state index in [1.165, 1.54) is 48.5 Å². The van der Waals surface area contributed by atoms with Crippen molar-refractivity contribution in [3.05, 3.63) is 118 Å². The maximum absolute atomic E-state index is 14.0. The van der Waals surface area contributed by atoms with Crippen LogP contribution in [-0.2, 0) is 4.74 Å². The van der Waals surface area contributed by atoms with Crippen LogP contribution in [-0.4, -0.2) is 45.4 Å². The minimum absolute atomic E-state index is 0.0276. The van der Waals surface area contributed by atoms with E-state index in [9.17, 15) is 34.5 Å². The predicted molar refractivity (Wildman–Crippen MR) is 148 cm³/mol. The smallest absolute Gasteiger partial charge is 0.343 e. The van der Waals surface area contributed by atoms with Crippen LogP contribution >= 0.6 is 0 Å². The molecular formula is C32H26O9. The number of unbranched alkanes of at least 4 members (excludes halogenated alkanes) is 1. The van der Waals surface area contributed by atoms with Gasteiger partial charge in [-0.3, -0.25) is 9.59 Å². The Bertz CT molecular complexity index is 1610. The topological polar surface area (TPSA) is 147 Å². The van der Waals surface area contributed by atoms with Gasteiger partial charge >= 0.3 is 11.9 Å². The second-order valence-electron chi connectivity index (χ2n) is 8.94.